The monoisotopic (exact) mass is 324 g/mol. The number of nitrogens with zero attached hydrogens (tertiary/aromatic N) is 2. The molecule has 1 aliphatic heterocycles. The lowest BCUT2D eigenvalue weighted by Crippen LogP contribution is -2.44. The summed E-state index contributed by atoms with van der Waals surface area (Å²) in [6.45, 7) is 0.714. The largest absolute Gasteiger partial charge is 0.381 e. The molecule has 0 radical (unpaired) electrons. The van der Waals surface area contributed by atoms with Gasteiger partial charge >= 0.3 is 0 Å². The molecule has 120 valence electrons. The summed E-state index contributed by atoms with van der Waals surface area (Å²) in [5.74, 6) is -0.0377. The Bertz CT molecular complexity index is 452. The van der Waals surface area contributed by atoms with Crippen molar-refractivity contribution in [3.63, 3.8) is 0 Å². The van der Waals surface area contributed by atoms with Crippen LogP contribution in [0.2, 0.25) is 0 Å². The van der Waals surface area contributed by atoms with E-state index in [4.69, 9.17) is 10.5 Å². The highest BCUT2D eigenvalue weighted by molar-refractivity contribution is 5.94. The van der Waals surface area contributed by atoms with Gasteiger partial charge in [0, 0.05) is 25.5 Å². The average molecular weight is 325 g/mol. The summed E-state index contributed by atoms with van der Waals surface area (Å²) < 4.78 is 30.7. The van der Waals surface area contributed by atoms with E-state index in [0.717, 1.165) is 17.5 Å². The van der Waals surface area contributed by atoms with Crippen molar-refractivity contribution in [3.05, 3.63) is 12.3 Å². The molecule has 1 amide bonds. The van der Waals surface area contributed by atoms with E-state index >= 15 is 0 Å². The quantitative estimate of drug-likeness (QED) is 0.854. The fourth-order valence-electron chi connectivity index (χ4n) is 2.17. The molecule has 6 nitrogen and oxygen atoms in total. The van der Waals surface area contributed by atoms with Gasteiger partial charge in [0.15, 0.2) is 5.82 Å². The minimum Gasteiger partial charge on any atom is -0.381 e. The Morgan fingerprint density at radius 3 is 2.81 bits per heavy atom. The highest BCUT2D eigenvalue weighted by atomic mass is 35.5. The van der Waals surface area contributed by atoms with Gasteiger partial charge in [-0.1, -0.05) is 0 Å². The zero-order valence-corrected chi connectivity index (χ0v) is 12.2. The molecule has 1 fully saturated rings. The van der Waals surface area contributed by atoms with Crippen molar-refractivity contribution < 1.29 is 18.3 Å². The number of alkyl halides is 2. The van der Waals surface area contributed by atoms with Crippen LogP contribution in [0.15, 0.2) is 12.3 Å². The molecular formula is C12H19ClF2N4O2. The minimum absolute atomic E-state index is 0. The highest BCUT2D eigenvalue weighted by Crippen LogP contribution is 2.18. The Morgan fingerprint density at radius 2 is 2.19 bits per heavy atom. The first kappa shape index (κ1) is 17.8. The van der Waals surface area contributed by atoms with Crippen molar-refractivity contribution in [2.75, 3.05) is 18.5 Å². The number of amides is 1. The maximum Gasteiger partial charge on any atom is 0.257 e. The van der Waals surface area contributed by atoms with Gasteiger partial charge in [-0.3, -0.25) is 9.48 Å². The first-order valence-corrected chi connectivity index (χ1v) is 6.52. The second-order valence-electron chi connectivity index (χ2n) is 4.78. The number of carbonyl (C=O) groups excluding carboxylic acids is 1. The minimum atomic E-state index is -2.48. The van der Waals surface area contributed by atoms with Crippen LogP contribution in [-0.4, -0.2) is 41.4 Å². The molecule has 1 aliphatic rings. The molecule has 2 rings (SSSR count). The molecule has 21 heavy (non-hydrogen) atoms. The van der Waals surface area contributed by atoms with E-state index in [2.05, 4.69) is 10.4 Å². The Kier molecular flexibility index (Phi) is 7.00. The lowest BCUT2D eigenvalue weighted by atomic mass is 9.92. The van der Waals surface area contributed by atoms with Crippen molar-refractivity contribution in [1.82, 2.24) is 9.78 Å². The second kappa shape index (κ2) is 8.26. The fraction of sp³-hybridized carbons (Fsp3) is 0.667. The Hall–Kier alpha value is -1.25. The molecule has 9 heteroatoms. The fourth-order valence-corrected chi connectivity index (χ4v) is 2.17. The molecule has 1 aromatic heterocycles. The maximum atomic E-state index is 12.2. The first-order chi connectivity index (χ1) is 9.56. The Labute approximate surface area is 127 Å². The topological polar surface area (TPSA) is 82.2 Å². The van der Waals surface area contributed by atoms with Crippen LogP contribution < -0.4 is 11.1 Å². The van der Waals surface area contributed by atoms with E-state index in [0.29, 0.717) is 13.2 Å². The van der Waals surface area contributed by atoms with Crippen LogP contribution in [0.5, 0.6) is 0 Å². The second-order valence-corrected chi connectivity index (χ2v) is 4.78. The van der Waals surface area contributed by atoms with Gasteiger partial charge in [0.1, 0.15) is 6.54 Å². The number of nitrogens with two attached hydrogens (primary N) is 1. The van der Waals surface area contributed by atoms with Crippen LogP contribution in [0.3, 0.4) is 0 Å². The number of hydrogen-bond donors (Lipinski definition) is 2. The van der Waals surface area contributed by atoms with E-state index in [1.807, 2.05) is 0 Å². The Balaban J connectivity index is 0.00000220. The molecule has 1 atom stereocenters. The van der Waals surface area contributed by atoms with E-state index in [9.17, 15) is 13.6 Å². The molecule has 0 saturated carbocycles. The predicted molar refractivity (Wildman–Crippen MR) is 75.6 cm³/mol. The van der Waals surface area contributed by atoms with Gasteiger partial charge in [-0.25, -0.2) is 8.78 Å². The highest BCUT2D eigenvalue weighted by Gasteiger charge is 2.26. The van der Waals surface area contributed by atoms with Gasteiger partial charge < -0.3 is 15.8 Å². The van der Waals surface area contributed by atoms with E-state index in [1.165, 1.54) is 12.3 Å². The van der Waals surface area contributed by atoms with Crippen LogP contribution in [0, 0.1) is 5.92 Å². The van der Waals surface area contributed by atoms with Crippen molar-refractivity contribution in [2.24, 2.45) is 11.7 Å². The van der Waals surface area contributed by atoms with Crippen LogP contribution in [0.1, 0.15) is 12.8 Å². The first-order valence-electron chi connectivity index (χ1n) is 6.52. The lowest BCUT2D eigenvalue weighted by molar-refractivity contribution is -0.119. The molecule has 1 saturated heterocycles. The van der Waals surface area contributed by atoms with Gasteiger partial charge in [0.05, 0.1) is 6.04 Å². The summed E-state index contributed by atoms with van der Waals surface area (Å²) in [4.78, 5) is 12.0. The number of anilines is 1. The predicted octanol–water partition coefficient (Wildman–Crippen LogP) is 1.26. The van der Waals surface area contributed by atoms with Gasteiger partial charge in [-0.2, -0.15) is 5.10 Å². The molecule has 0 aliphatic carbocycles. The molecule has 2 heterocycles. The number of halogens is 3. The zero-order valence-electron chi connectivity index (χ0n) is 11.4. The molecule has 0 bridgehead atoms. The van der Waals surface area contributed by atoms with Crippen molar-refractivity contribution in [2.45, 2.75) is 31.9 Å². The van der Waals surface area contributed by atoms with Crippen molar-refractivity contribution >= 4 is 24.1 Å². The zero-order chi connectivity index (χ0) is 14.5. The van der Waals surface area contributed by atoms with Crippen LogP contribution >= 0.6 is 12.4 Å². The standard InChI is InChI=1S/C12H18F2N4O2.ClH/c13-9(14)7-18-4-1-10(17-18)16-12(19)11(15)8-2-5-20-6-3-8;/h1,4,8-9,11H,2-3,5-7,15H2,(H,16,17,19);1H. The van der Waals surface area contributed by atoms with Gasteiger partial charge in [0.25, 0.3) is 6.43 Å². The number of nitrogens with one attached hydrogen (secondary N) is 1. The number of ether oxygens (including phenoxy) is 1. The third-order valence-corrected chi connectivity index (χ3v) is 3.29. The third-order valence-electron chi connectivity index (χ3n) is 3.29. The summed E-state index contributed by atoms with van der Waals surface area (Å²) in [5.41, 5.74) is 5.91. The van der Waals surface area contributed by atoms with Crippen LogP contribution in [-0.2, 0) is 16.1 Å². The third kappa shape index (κ3) is 5.22. The normalized spacial score (nSPS) is 17.3. The summed E-state index contributed by atoms with van der Waals surface area (Å²) >= 11 is 0. The van der Waals surface area contributed by atoms with Gasteiger partial charge in [-0.15, -0.1) is 12.4 Å². The SMILES string of the molecule is Cl.NC(C(=O)Nc1ccn(CC(F)F)n1)C1CCOCC1. The van der Waals surface area contributed by atoms with Crippen LogP contribution in [0.25, 0.3) is 0 Å². The number of aromatic nitrogens is 2. The van der Waals surface area contributed by atoms with Crippen molar-refractivity contribution in [1.29, 1.82) is 0 Å². The lowest BCUT2D eigenvalue weighted by Gasteiger charge is -2.26. The van der Waals surface area contributed by atoms with Gasteiger partial charge in [0.2, 0.25) is 5.91 Å². The summed E-state index contributed by atoms with van der Waals surface area (Å²) in [5, 5.41) is 6.39. The number of rotatable bonds is 5. The number of carbonyl (C=O) groups is 1. The van der Waals surface area contributed by atoms with Crippen LogP contribution in [0.4, 0.5) is 14.6 Å². The Morgan fingerprint density at radius 1 is 1.52 bits per heavy atom. The maximum absolute atomic E-state index is 12.2. The van der Waals surface area contributed by atoms with E-state index < -0.39 is 19.0 Å². The average Bonchev–Trinajstić information content (AvgIpc) is 2.85. The summed E-state index contributed by atoms with van der Waals surface area (Å²) in [6, 6.07) is 0.830. The molecular weight excluding hydrogens is 306 g/mol. The molecule has 0 spiro atoms. The number of hydrogen-bond acceptors (Lipinski definition) is 4. The van der Waals surface area contributed by atoms with E-state index in [1.54, 1.807) is 0 Å². The van der Waals surface area contributed by atoms with Gasteiger partial charge in [-0.05, 0) is 18.8 Å². The molecule has 0 aromatic carbocycles. The van der Waals surface area contributed by atoms with E-state index in [-0.39, 0.29) is 30.0 Å². The van der Waals surface area contributed by atoms with Crippen molar-refractivity contribution in [3.8, 4) is 0 Å². The smallest absolute Gasteiger partial charge is 0.257 e. The summed E-state index contributed by atoms with van der Waals surface area (Å²) in [7, 11) is 0. The summed E-state index contributed by atoms with van der Waals surface area (Å²) in [6.07, 6.45) is 0.396. The molecule has 1 aromatic rings. The molecule has 3 N–H and O–H groups in total. The molecule has 1 unspecified atom stereocenters.